The second kappa shape index (κ2) is 6.94. The van der Waals surface area contributed by atoms with Crippen molar-refractivity contribution >= 4 is 22.9 Å². The quantitative estimate of drug-likeness (QED) is 0.865. The molecule has 2 nitrogen and oxygen atoms in total. The molecule has 1 atom stereocenters. The first-order valence-electron chi connectivity index (χ1n) is 6.30. The molecule has 0 spiro atoms. The summed E-state index contributed by atoms with van der Waals surface area (Å²) in [6.07, 6.45) is 1.03. The number of likely N-dealkylation sites (N-methyl/N-ethyl adjacent to an activating group) is 1. The van der Waals surface area contributed by atoms with Crippen LogP contribution in [-0.4, -0.2) is 13.1 Å². The standard InChI is InChI=1S/C15H18ClNOS/c1-11(17-2)9-12-3-5-13(6-4-12)18-10-14-7-8-15(16)19-14/h3-8,11,17H,9-10H2,1-2H3. The van der Waals surface area contributed by atoms with Crippen LogP contribution in [0.4, 0.5) is 0 Å². The van der Waals surface area contributed by atoms with Gasteiger partial charge >= 0.3 is 0 Å². The fourth-order valence-electron chi connectivity index (χ4n) is 1.76. The van der Waals surface area contributed by atoms with E-state index in [-0.39, 0.29) is 0 Å². The van der Waals surface area contributed by atoms with Gasteiger partial charge in [-0.3, -0.25) is 0 Å². The monoisotopic (exact) mass is 295 g/mol. The highest BCUT2D eigenvalue weighted by Crippen LogP contribution is 2.23. The SMILES string of the molecule is CNC(C)Cc1ccc(OCc2ccc(Cl)s2)cc1. The number of hydrogen-bond acceptors (Lipinski definition) is 3. The first-order valence-corrected chi connectivity index (χ1v) is 7.50. The van der Waals surface area contributed by atoms with Crippen molar-refractivity contribution in [2.45, 2.75) is 26.0 Å². The van der Waals surface area contributed by atoms with Gasteiger partial charge < -0.3 is 10.1 Å². The summed E-state index contributed by atoms with van der Waals surface area (Å²) in [5, 5.41) is 3.23. The predicted octanol–water partition coefficient (Wildman–Crippen LogP) is 4.13. The summed E-state index contributed by atoms with van der Waals surface area (Å²) >= 11 is 7.44. The lowest BCUT2D eigenvalue weighted by molar-refractivity contribution is 0.309. The third-order valence-electron chi connectivity index (χ3n) is 2.97. The van der Waals surface area contributed by atoms with E-state index in [1.165, 1.54) is 5.56 Å². The molecule has 0 aliphatic heterocycles. The number of halogens is 1. The maximum Gasteiger partial charge on any atom is 0.122 e. The van der Waals surface area contributed by atoms with Gasteiger partial charge in [0.15, 0.2) is 0 Å². The molecule has 0 saturated carbocycles. The van der Waals surface area contributed by atoms with Gasteiger partial charge in [-0.25, -0.2) is 0 Å². The van der Waals surface area contributed by atoms with Crippen molar-refractivity contribution in [3.63, 3.8) is 0 Å². The molecule has 0 aliphatic rings. The fourth-order valence-corrected chi connectivity index (χ4v) is 2.76. The van der Waals surface area contributed by atoms with Crippen LogP contribution >= 0.6 is 22.9 Å². The van der Waals surface area contributed by atoms with E-state index in [0.29, 0.717) is 12.6 Å². The number of rotatable bonds is 6. The Morgan fingerprint density at radius 2 is 1.95 bits per heavy atom. The number of hydrogen-bond donors (Lipinski definition) is 1. The Labute approximate surface area is 123 Å². The van der Waals surface area contributed by atoms with Crippen molar-refractivity contribution in [2.75, 3.05) is 7.05 Å². The van der Waals surface area contributed by atoms with Gasteiger partial charge in [-0.15, -0.1) is 11.3 Å². The van der Waals surface area contributed by atoms with Crippen LogP contribution in [0.3, 0.4) is 0 Å². The Kier molecular flexibility index (Phi) is 5.25. The van der Waals surface area contributed by atoms with Crippen molar-refractivity contribution in [3.05, 3.63) is 51.2 Å². The first kappa shape index (κ1) is 14.4. The molecule has 19 heavy (non-hydrogen) atoms. The largest absolute Gasteiger partial charge is 0.488 e. The number of benzene rings is 1. The molecular weight excluding hydrogens is 278 g/mol. The van der Waals surface area contributed by atoms with Crippen LogP contribution < -0.4 is 10.1 Å². The van der Waals surface area contributed by atoms with Crippen LogP contribution in [0, 0.1) is 0 Å². The van der Waals surface area contributed by atoms with Crippen LogP contribution in [0.25, 0.3) is 0 Å². The minimum absolute atomic E-state index is 0.486. The molecule has 102 valence electrons. The topological polar surface area (TPSA) is 21.3 Å². The third-order valence-corrected chi connectivity index (χ3v) is 4.17. The van der Waals surface area contributed by atoms with Gasteiger partial charge in [0.25, 0.3) is 0 Å². The van der Waals surface area contributed by atoms with E-state index in [0.717, 1.165) is 21.4 Å². The smallest absolute Gasteiger partial charge is 0.122 e. The van der Waals surface area contributed by atoms with Crippen LogP contribution in [-0.2, 0) is 13.0 Å². The molecule has 4 heteroatoms. The highest BCUT2D eigenvalue weighted by Gasteiger charge is 2.02. The van der Waals surface area contributed by atoms with E-state index < -0.39 is 0 Å². The number of thiophene rings is 1. The Morgan fingerprint density at radius 3 is 2.53 bits per heavy atom. The molecular formula is C15H18ClNOS. The van der Waals surface area contributed by atoms with Gasteiger partial charge in [0.2, 0.25) is 0 Å². The molecule has 1 aromatic heterocycles. The van der Waals surface area contributed by atoms with E-state index >= 15 is 0 Å². The Balaban J connectivity index is 1.88. The van der Waals surface area contributed by atoms with Gasteiger partial charge in [0.1, 0.15) is 12.4 Å². The molecule has 0 amide bonds. The van der Waals surface area contributed by atoms with Crippen molar-refractivity contribution < 1.29 is 4.74 Å². The van der Waals surface area contributed by atoms with E-state index in [2.05, 4.69) is 24.4 Å². The van der Waals surface area contributed by atoms with Gasteiger partial charge in [0.05, 0.1) is 4.34 Å². The van der Waals surface area contributed by atoms with Crippen molar-refractivity contribution in [1.82, 2.24) is 5.32 Å². The Bertz CT molecular complexity index is 509. The lowest BCUT2D eigenvalue weighted by Gasteiger charge is -2.10. The zero-order chi connectivity index (χ0) is 13.7. The van der Waals surface area contributed by atoms with E-state index in [9.17, 15) is 0 Å². The maximum absolute atomic E-state index is 5.88. The van der Waals surface area contributed by atoms with Crippen LogP contribution in [0.2, 0.25) is 4.34 Å². The molecule has 0 radical (unpaired) electrons. The van der Waals surface area contributed by atoms with Crippen LogP contribution in [0.15, 0.2) is 36.4 Å². The summed E-state index contributed by atoms with van der Waals surface area (Å²) in [4.78, 5) is 1.14. The molecule has 0 aliphatic carbocycles. The third kappa shape index (κ3) is 4.53. The highest BCUT2D eigenvalue weighted by molar-refractivity contribution is 7.16. The zero-order valence-corrected chi connectivity index (χ0v) is 12.7. The molecule has 2 aromatic rings. The second-order valence-electron chi connectivity index (χ2n) is 4.53. The van der Waals surface area contributed by atoms with Crippen molar-refractivity contribution in [1.29, 1.82) is 0 Å². The minimum Gasteiger partial charge on any atom is -0.488 e. The number of nitrogens with one attached hydrogen (secondary N) is 1. The lowest BCUT2D eigenvalue weighted by atomic mass is 10.1. The molecule has 0 saturated heterocycles. The van der Waals surface area contributed by atoms with Gasteiger partial charge in [-0.1, -0.05) is 23.7 Å². The molecule has 1 aromatic carbocycles. The maximum atomic E-state index is 5.88. The molecule has 1 unspecified atom stereocenters. The molecule has 2 rings (SSSR count). The lowest BCUT2D eigenvalue weighted by Crippen LogP contribution is -2.23. The fraction of sp³-hybridized carbons (Fsp3) is 0.333. The summed E-state index contributed by atoms with van der Waals surface area (Å²) in [6.45, 7) is 2.74. The average Bonchev–Trinajstić information content (AvgIpc) is 2.83. The summed E-state index contributed by atoms with van der Waals surface area (Å²) in [6, 6.07) is 12.7. The summed E-state index contributed by atoms with van der Waals surface area (Å²) in [5.74, 6) is 0.894. The minimum atomic E-state index is 0.486. The zero-order valence-electron chi connectivity index (χ0n) is 11.2. The van der Waals surface area contributed by atoms with Crippen molar-refractivity contribution in [3.8, 4) is 5.75 Å². The van der Waals surface area contributed by atoms with Crippen LogP contribution in [0.5, 0.6) is 5.75 Å². The molecule has 1 N–H and O–H groups in total. The van der Waals surface area contributed by atoms with Gasteiger partial charge in [-0.05, 0) is 50.2 Å². The van der Waals surface area contributed by atoms with Crippen LogP contribution in [0.1, 0.15) is 17.4 Å². The molecule has 0 bridgehead atoms. The van der Waals surface area contributed by atoms with E-state index in [1.54, 1.807) is 11.3 Å². The first-order chi connectivity index (χ1) is 9.17. The number of ether oxygens (including phenoxy) is 1. The summed E-state index contributed by atoms with van der Waals surface area (Å²) in [7, 11) is 1.98. The van der Waals surface area contributed by atoms with E-state index in [1.807, 2.05) is 31.3 Å². The Hall–Kier alpha value is -1.03. The van der Waals surface area contributed by atoms with Crippen molar-refractivity contribution in [2.24, 2.45) is 0 Å². The average molecular weight is 296 g/mol. The predicted molar refractivity (Wildman–Crippen MR) is 82.3 cm³/mol. The van der Waals surface area contributed by atoms with E-state index in [4.69, 9.17) is 16.3 Å². The highest BCUT2D eigenvalue weighted by atomic mass is 35.5. The molecule has 1 heterocycles. The normalized spacial score (nSPS) is 12.4. The summed E-state index contributed by atoms with van der Waals surface area (Å²) in [5.41, 5.74) is 1.31. The van der Waals surface area contributed by atoms with Gasteiger partial charge in [-0.2, -0.15) is 0 Å². The second-order valence-corrected chi connectivity index (χ2v) is 6.33. The van der Waals surface area contributed by atoms with Gasteiger partial charge in [0, 0.05) is 10.9 Å². The molecule has 0 fully saturated rings. The summed E-state index contributed by atoms with van der Waals surface area (Å²) < 4.78 is 6.53. The Morgan fingerprint density at radius 1 is 1.21 bits per heavy atom.